The maximum Gasteiger partial charge on any atom is 0.161 e. The monoisotopic (exact) mass is 393 g/mol. The Kier molecular flexibility index (Phi) is 5.08. The van der Waals surface area contributed by atoms with E-state index in [-0.39, 0.29) is 5.75 Å². The number of aromatic nitrogens is 3. The second kappa shape index (κ2) is 7.82. The average molecular weight is 393 g/mol. The van der Waals surface area contributed by atoms with Crippen molar-refractivity contribution in [2.45, 2.75) is 10.6 Å². The maximum atomic E-state index is 13.2. The molecule has 28 heavy (non-hydrogen) atoms. The van der Waals surface area contributed by atoms with Crippen molar-refractivity contribution in [2.24, 2.45) is 0 Å². The van der Waals surface area contributed by atoms with E-state index in [0.29, 0.717) is 17.3 Å². The quantitative estimate of drug-likeness (QED) is 0.537. The Morgan fingerprint density at radius 1 is 1.00 bits per heavy atom. The fourth-order valence-corrected chi connectivity index (χ4v) is 4.42. The minimum Gasteiger partial charge on any atom is -0.493 e. The second-order valence-electron chi connectivity index (χ2n) is 6.11. The molecule has 0 bridgehead atoms. The van der Waals surface area contributed by atoms with Gasteiger partial charge in [0.15, 0.2) is 11.5 Å². The predicted molar refractivity (Wildman–Crippen MR) is 109 cm³/mol. The zero-order valence-corrected chi connectivity index (χ0v) is 16.3. The summed E-state index contributed by atoms with van der Waals surface area (Å²) in [5.41, 5.74) is 1.57. The molecule has 6 nitrogen and oxygen atoms in total. The van der Waals surface area contributed by atoms with Crippen LogP contribution in [0.1, 0.15) is 5.69 Å². The van der Waals surface area contributed by atoms with Gasteiger partial charge >= 0.3 is 0 Å². The molecule has 7 heteroatoms. The van der Waals surface area contributed by atoms with Crippen LogP contribution in [0.25, 0.3) is 22.2 Å². The lowest BCUT2D eigenvalue weighted by molar-refractivity contribution is 0.356. The fourth-order valence-electron chi connectivity index (χ4n) is 3.15. The molecule has 0 saturated heterocycles. The summed E-state index contributed by atoms with van der Waals surface area (Å²) in [6.07, 6.45) is 5.15. The van der Waals surface area contributed by atoms with Gasteiger partial charge in [0.25, 0.3) is 0 Å². The number of pyridine rings is 1. The second-order valence-corrected chi connectivity index (χ2v) is 7.53. The normalized spacial score (nSPS) is 12.1. The van der Waals surface area contributed by atoms with Gasteiger partial charge in [0.2, 0.25) is 0 Å². The molecule has 0 radical (unpaired) electrons. The number of benzene rings is 2. The molecule has 0 aliphatic heterocycles. The SMILES string of the molecule is COc1cc2ccnc(CS(=O)c3ccccc3-c3ncc[nH]3)c2cc1OC. The van der Waals surface area contributed by atoms with E-state index in [9.17, 15) is 4.21 Å². The highest BCUT2D eigenvalue weighted by Crippen LogP contribution is 2.34. The van der Waals surface area contributed by atoms with Crippen LogP contribution >= 0.6 is 0 Å². The van der Waals surface area contributed by atoms with E-state index in [1.807, 2.05) is 42.5 Å². The van der Waals surface area contributed by atoms with Crippen molar-refractivity contribution in [2.75, 3.05) is 14.2 Å². The van der Waals surface area contributed by atoms with Crippen LogP contribution in [0.3, 0.4) is 0 Å². The number of aromatic amines is 1. The summed E-state index contributed by atoms with van der Waals surface area (Å²) in [5, 5.41) is 1.85. The van der Waals surface area contributed by atoms with Gasteiger partial charge in [0.05, 0.1) is 41.4 Å². The number of nitrogens with one attached hydrogen (secondary N) is 1. The van der Waals surface area contributed by atoms with Gasteiger partial charge in [-0.25, -0.2) is 4.98 Å². The lowest BCUT2D eigenvalue weighted by Gasteiger charge is -2.12. The molecule has 2 heterocycles. The fraction of sp³-hybridized carbons (Fsp3) is 0.143. The van der Waals surface area contributed by atoms with E-state index < -0.39 is 10.8 Å². The van der Waals surface area contributed by atoms with Gasteiger partial charge in [0.1, 0.15) is 5.82 Å². The summed E-state index contributed by atoms with van der Waals surface area (Å²) in [7, 11) is 1.90. The molecule has 1 unspecified atom stereocenters. The highest BCUT2D eigenvalue weighted by molar-refractivity contribution is 7.84. The molecule has 1 N–H and O–H groups in total. The predicted octanol–water partition coefficient (Wildman–Crippen LogP) is 3.95. The Labute approximate surface area is 165 Å². The van der Waals surface area contributed by atoms with Gasteiger partial charge in [-0.1, -0.05) is 18.2 Å². The largest absolute Gasteiger partial charge is 0.493 e. The summed E-state index contributed by atoms with van der Waals surface area (Å²) in [6, 6.07) is 13.3. The molecule has 4 rings (SSSR count). The number of methoxy groups -OCH3 is 2. The summed E-state index contributed by atoms with van der Waals surface area (Å²) >= 11 is 0. The van der Waals surface area contributed by atoms with Crippen LogP contribution in [0.2, 0.25) is 0 Å². The Hall–Kier alpha value is -3.19. The molecular weight excluding hydrogens is 374 g/mol. The summed E-state index contributed by atoms with van der Waals surface area (Å²) < 4.78 is 24.0. The van der Waals surface area contributed by atoms with E-state index in [4.69, 9.17) is 9.47 Å². The van der Waals surface area contributed by atoms with E-state index in [0.717, 1.165) is 26.9 Å². The van der Waals surface area contributed by atoms with Crippen molar-refractivity contribution in [3.05, 3.63) is 66.7 Å². The summed E-state index contributed by atoms with van der Waals surface area (Å²) in [5.74, 6) is 2.24. The number of nitrogens with zero attached hydrogens (tertiary/aromatic N) is 2. The van der Waals surface area contributed by atoms with E-state index in [2.05, 4.69) is 15.0 Å². The highest BCUT2D eigenvalue weighted by atomic mass is 32.2. The maximum absolute atomic E-state index is 13.2. The van der Waals surface area contributed by atoms with Crippen LogP contribution < -0.4 is 9.47 Å². The van der Waals surface area contributed by atoms with Crippen LogP contribution in [-0.4, -0.2) is 33.4 Å². The van der Waals surface area contributed by atoms with Crippen LogP contribution in [0.15, 0.2) is 66.0 Å². The zero-order valence-electron chi connectivity index (χ0n) is 15.5. The number of H-pyrrole nitrogens is 1. The Morgan fingerprint density at radius 2 is 1.79 bits per heavy atom. The third kappa shape index (κ3) is 3.36. The molecular formula is C21H19N3O3S. The molecule has 0 aliphatic carbocycles. The lowest BCUT2D eigenvalue weighted by atomic mass is 10.1. The molecule has 0 amide bonds. The van der Waals surface area contributed by atoms with Crippen molar-refractivity contribution < 1.29 is 13.7 Å². The van der Waals surface area contributed by atoms with Gasteiger partial charge < -0.3 is 14.5 Å². The van der Waals surface area contributed by atoms with Crippen molar-refractivity contribution in [1.29, 1.82) is 0 Å². The van der Waals surface area contributed by atoms with E-state index in [1.165, 1.54) is 0 Å². The molecule has 2 aromatic heterocycles. The number of imidazole rings is 1. The molecule has 0 saturated carbocycles. The number of hydrogen-bond donors (Lipinski definition) is 1. The van der Waals surface area contributed by atoms with Crippen molar-refractivity contribution in [1.82, 2.24) is 15.0 Å². The first kappa shape index (κ1) is 18.2. The van der Waals surface area contributed by atoms with Crippen molar-refractivity contribution in [3.8, 4) is 22.9 Å². The van der Waals surface area contributed by atoms with Crippen molar-refractivity contribution in [3.63, 3.8) is 0 Å². The van der Waals surface area contributed by atoms with Gasteiger partial charge in [-0.2, -0.15) is 0 Å². The molecule has 142 valence electrons. The third-order valence-electron chi connectivity index (χ3n) is 4.50. The summed E-state index contributed by atoms with van der Waals surface area (Å²) in [6.45, 7) is 0. The van der Waals surface area contributed by atoms with Crippen LogP contribution in [0, 0.1) is 0 Å². The molecule has 0 aliphatic rings. The van der Waals surface area contributed by atoms with Crippen molar-refractivity contribution >= 4 is 21.6 Å². The average Bonchev–Trinajstić information content (AvgIpc) is 3.27. The van der Waals surface area contributed by atoms with Gasteiger partial charge in [0, 0.05) is 29.5 Å². The standard InChI is InChI=1S/C21H19N3O3S/c1-26-18-11-14-7-8-22-17(16(14)12-19(18)27-2)13-28(25)20-6-4-3-5-15(20)21-23-9-10-24-21/h3-12H,13H2,1-2H3,(H,23,24). The first-order valence-electron chi connectivity index (χ1n) is 8.68. The molecule has 0 spiro atoms. The number of ether oxygens (including phenoxy) is 2. The molecule has 4 aromatic rings. The first-order chi connectivity index (χ1) is 13.7. The van der Waals surface area contributed by atoms with E-state index >= 15 is 0 Å². The van der Waals surface area contributed by atoms with Gasteiger partial charge in [-0.05, 0) is 29.7 Å². The zero-order chi connectivity index (χ0) is 19.5. The topological polar surface area (TPSA) is 77.1 Å². The van der Waals surface area contributed by atoms with E-state index in [1.54, 1.807) is 32.8 Å². The molecule has 0 fully saturated rings. The minimum atomic E-state index is -1.30. The van der Waals surface area contributed by atoms with Crippen LogP contribution in [0.5, 0.6) is 11.5 Å². The molecule has 1 atom stereocenters. The lowest BCUT2D eigenvalue weighted by Crippen LogP contribution is -2.02. The first-order valence-corrected chi connectivity index (χ1v) is 10.00. The number of rotatable bonds is 6. The van der Waals surface area contributed by atoms with Crippen LogP contribution in [0.4, 0.5) is 0 Å². The van der Waals surface area contributed by atoms with Gasteiger partial charge in [-0.15, -0.1) is 0 Å². The third-order valence-corrected chi connectivity index (χ3v) is 5.89. The smallest absolute Gasteiger partial charge is 0.161 e. The Balaban J connectivity index is 1.74. The number of fused-ring (bicyclic) bond motifs is 1. The van der Waals surface area contributed by atoms with Crippen LogP contribution in [-0.2, 0) is 16.6 Å². The Bertz CT molecular complexity index is 1140. The highest BCUT2D eigenvalue weighted by Gasteiger charge is 2.16. The summed E-state index contributed by atoms with van der Waals surface area (Å²) in [4.78, 5) is 12.6. The minimum absolute atomic E-state index is 0.282. The molecule has 2 aromatic carbocycles. The number of hydrogen-bond acceptors (Lipinski definition) is 5. The van der Waals surface area contributed by atoms with Gasteiger partial charge in [-0.3, -0.25) is 9.19 Å². The Morgan fingerprint density at radius 3 is 2.54 bits per heavy atom.